The maximum absolute atomic E-state index is 12.7. The fourth-order valence-electron chi connectivity index (χ4n) is 3.13. The third-order valence-corrected chi connectivity index (χ3v) is 5.94. The molecule has 170 valence electrons. The number of nitrogens with one attached hydrogen (secondary N) is 1. The highest BCUT2D eigenvalue weighted by Gasteiger charge is 2.13. The summed E-state index contributed by atoms with van der Waals surface area (Å²) in [5.74, 6) is -0.310. The number of carbonyl (C=O) groups is 2. The van der Waals surface area contributed by atoms with Crippen LogP contribution in [-0.4, -0.2) is 44.9 Å². The molecule has 7 nitrogen and oxygen atoms in total. The lowest BCUT2D eigenvalue weighted by atomic mass is 10.1. The number of carbonyl (C=O) groups excluding carboxylic acids is 2. The second-order valence-electron chi connectivity index (χ2n) is 7.54. The van der Waals surface area contributed by atoms with Crippen molar-refractivity contribution in [2.45, 2.75) is 4.90 Å². The number of pyridine rings is 1. The molecule has 0 radical (unpaired) electrons. The van der Waals surface area contributed by atoms with Crippen LogP contribution >= 0.6 is 11.8 Å². The molecule has 1 N–H and O–H groups in total. The summed E-state index contributed by atoms with van der Waals surface area (Å²) in [4.78, 5) is 31.2. The number of hydrogen-bond acceptors (Lipinski definition) is 5. The van der Waals surface area contributed by atoms with Crippen molar-refractivity contribution in [3.63, 3.8) is 0 Å². The molecule has 4 rings (SSSR count). The average molecular weight is 470 g/mol. The van der Waals surface area contributed by atoms with Crippen LogP contribution in [0, 0.1) is 0 Å². The van der Waals surface area contributed by atoms with Crippen LogP contribution in [0.5, 0.6) is 0 Å². The predicted molar refractivity (Wildman–Crippen MR) is 136 cm³/mol. The minimum absolute atomic E-state index is 0.119. The highest BCUT2D eigenvalue weighted by Crippen LogP contribution is 2.29. The number of aromatic nitrogens is 3. The first kappa shape index (κ1) is 23.0. The lowest BCUT2D eigenvalue weighted by Crippen LogP contribution is -2.16. The topological polar surface area (TPSA) is 80.1 Å². The summed E-state index contributed by atoms with van der Waals surface area (Å²) in [6.45, 7) is 0. The number of anilines is 1. The van der Waals surface area contributed by atoms with Crippen molar-refractivity contribution in [2.75, 3.05) is 19.4 Å². The molecule has 0 bridgehead atoms. The van der Waals surface area contributed by atoms with Crippen LogP contribution < -0.4 is 5.32 Å². The van der Waals surface area contributed by atoms with E-state index in [-0.39, 0.29) is 11.1 Å². The molecular weight excluding hydrogens is 446 g/mol. The normalized spacial score (nSPS) is 10.9. The van der Waals surface area contributed by atoms with Gasteiger partial charge in [-0.1, -0.05) is 30.3 Å². The number of benzene rings is 2. The van der Waals surface area contributed by atoms with Gasteiger partial charge in [-0.3, -0.25) is 14.6 Å². The second kappa shape index (κ2) is 10.6. The van der Waals surface area contributed by atoms with E-state index in [1.165, 1.54) is 11.0 Å². The van der Waals surface area contributed by atoms with Crippen LogP contribution in [-0.2, 0) is 4.79 Å². The van der Waals surface area contributed by atoms with E-state index in [4.69, 9.17) is 5.10 Å². The number of para-hydroxylation sites is 2. The number of nitrogens with zero attached hydrogens (tertiary/aromatic N) is 4. The summed E-state index contributed by atoms with van der Waals surface area (Å²) < 4.78 is 1.78. The zero-order valence-corrected chi connectivity index (χ0v) is 19.6. The van der Waals surface area contributed by atoms with E-state index >= 15 is 0 Å². The monoisotopic (exact) mass is 469 g/mol. The van der Waals surface area contributed by atoms with E-state index in [1.54, 1.807) is 49.4 Å². The Labute approximate surface area is 202 Å². The van der Waals surface area contributed by atoms with Gasteiger partial charge in [0.05, 0.1) is 11.4 Å². The van der Waals surface area contributed by atoms with Gasteiger partial charge in [0, 0.05) is 54.8 Å². The molecule has 0 spiro atoms. The van der Waals surface area contributed by atoms with Gasteiger partial charge in [0.1, 0.15) is 5.69 Å². The Kier molecular flexibility index (Phi) is 7.19. The molecule has 0 aliphatic heterocycles. The fraction of sp³-hybridized carbons (Fsp3) is 0.0769. The van der Waals surface area contributed by atoms with E-state index in [0.29, 0.717) is 16.3 Å². The maximum atomic E-state index is 12.7. The van der Waals surface area contributed by atoms with Crippen molar-refractivity contribution in [1.29, 1.82) is 0 Å². The van der Waals surface area contributed by atoms with Crippen LogP contribution in [0.25, 0.3) is 23.0 Å². The number of rotatable bonds is 6. The molecule has 0 saturated carbocycles. The summed E-state index contributed by atoms with van der Waals surface area (Å²) in [5, 5.41) is 7.47. The van der Waals surface area contributed by atoms with Gasteiger partial charge in [0.25, 0.3) is 5.24 Å². The summed E-state index contributed by atoms with van der Waals surface area (Å²) in [7, 11) is 3.38. The Bertz CT molecular complexity index is 1320. The molecule has 0 unspecified atom stereocenters. The molecule has 0 saturated heterocycles. The van der Waals surface area contributed by atoms with Crippen LogP contribution in [0.4, 0.5) is 10.5 Å². The molecular formula is C26H23N5O2S. The van der Waals surface area contributed by atoms with E-state index < -0.39 is 0 Å². The molecule has 4 aromatic rings. The molecule has 0 fully saturated rings. The van der Waals surface area contributed by atoms with Crippen molar-refractivity contribution in [3.05, 3.63) is 97.0 Å². The Balaban J connectivity index is 1.59. The minimum Gasteiger partial charge on any atom is -0.339 e. The first-order valence-corrected chi connectivity index (χ1v) is 11.4. The van der Waals surface area contributed by atoms with E-state index in [2.05, 4.69) is 10.3 Å². The van der Waals surface area contributed by atoms with E-state index in [9.17, 15) is 9.59 Å². The van der Waals surface area contributed by atoms with E-state index in [1.807, 2.05) is 60.8 Å². The Morgan fingerprint density at radius 2 is 1.76 bits per heavy atom. The van der Waals surface area contributed by atoms with E-state index in [0.717, 1.165) is 28.6 Å². The lowest BCUT2D eigenvalue weighted by molar-refractivity contribution is -0.111. The van der Waals surface area contributed by atoms with Crippen molar-refractivity contribution >= 4 is 34.7 Å². The number of amides is 2. The summed E-state index contributed by atoms with van der Waals surface area (Å²) in [6, 6.07) is 20.7. The first-order chi connectivity index (χ1) is 16.5. The molecule has 2 amide bonds. The first-order valence-electron chi connectivity index (χ1n) is 10.5. The minimum atomic E-state index is -0.310. The van der Waals surface area contributed by atoms with Gasteiger partial charge < -0.3 is 10.2 Å². The zero-order valence-electron chi connectivity index (χ0n) is 18.8. The maximum Gasteiger partial charge on any atom is 0.286 e. The SMILES string of the molecule is CN(C)C(=O)Sc1ccccc1NC(=O)/C=C/c1cn(-c2ccccc2)nc1-c1cccnc1. The second-order valence-corrected chi connectivity index (χ2v) is 8.53. The third kappa shape index (κ3) is 5.60. The van der Waals surface area contributed by atoms with Crippen LogP contribution in [0.15, 0.2) is 96.3 Å². The van der Waals surface area contributed by atoms with Crippen molar-refractivity contribution in [2.24, 2.45) is 0 Å². The molecule has 2 aromatic carbocycles. The predicted octanol–water partition coefficient (Wildman–Crippen LogP) is 5.36. The van der Waals surface area contributed by atoms with Crippen LogP contribution in [0.2, 0.25) is 0 Å². The van der Waals surface area contributed by atoms with Gasteiger partial charge >= 0.3 is 0 Å². The summed E-state index contributed by atoms with van der Waals surface area (Å²) in [5.41, 5.74) is 3.82. The molecule has 2 heterocycles. The van der Waals surface area contributed by atoms with Gasteiger partial charge in [-0.2, -0.15) is 5.10 Å². The quantitative estimate of drug-likeness (QED) is 0.304. The van der Waals surface area contributed by atoms with Gasteiger partial charge in [-0.15, -0.1) is 0 Å². The van der Waals surface area contributed by atoms with Crippen molar-refractivity contribution in [1.82, 2.24) is 19.7 Å². The van der Waals surface area contributed by atoms with Gasteiger partial charge in [0.2, 0.25) is 5.91 Å². The van der Waals surface area contributed by atoms with Crippen LogP contribution in [0.1, 0.15) is 5.56 Å². The Morgan fingerprint density at radius 3 is 2.50 bits per heavy atom. The summed E-state index contributed by atoms with van der Waals surface area (Å²) in [6.07, 6.45) is 8.51. The fourth-order valence-corrected chi connectivity index (χ4v) is 3.88. The van der Waals surface area contributed by atoms with Crippen molar-refractivity contribution < 1.29 is 9.59 Å². The van der Waals surface area contributed by atoms with Gasteiger partial charge in [-0.05, 0) is 54.2 Å². The molecule has 8 heteroatoms. The lowest BCUT2D eigenvalue weighted by Gasteiger charge is -2.12. The Hall–Kier alpha value is -4.17. The highest BCUT2D eigenvalue weighted by atomic mass is 32.2. The standard InChI is InChI=1S/C26H23N5O2S/c1-30(2)26(33)34-23-13-7-6-12-22(23)28-24(32)15-14-20-18-31(21-10-4-3-5-11-21)29-25(20)19-9-8-16-27-17-19/h3-18H,1-2H3,(H,28,32)/b15-14+. The summed E-state index contributed by atoms with van der Waals surface area (Å²) >= 11 is 1.06. The van der Waals surface area contributed by atoms with Gasteiger partial charge in [0.15, 0.2) is 0 Å². The highest BCUT2D eigenvalue weighted by molar-refractivity contribution is 8.13. The zero-order chi connectivity index (χ0) is 23.9. The largest absolute Gasteiger partial charge is 0.339 e. The van der Waals surface area contributed by atoms with Crippen LogP contribution in [0.3, 0.4) is 0 Å². The molecule has 34 heavy (non-hydrogen) atoms. The smallest absolute Gasteiger partial charge is 0.286 e. The average Bonchev–Trinajstić information content (AvgIpc) is 3.29. The molecule has 0 aliphatic carbocycles. The van der Waals surface area contributed by atoms with Gasteiger partial charge in [-0.25, -0.2) is 4.68 Å². The van der Waals surface area contributed by atoms with Crippen molar-refractivity contribution in [3.8, 4) is 16.9 Å². The third-order valence-electron chi connectivity index (χ3n) is 4.82. The number of hydrogen-bond donors (Lipinski definition) is 1. The molecule has 0 atom stereocenters. The Morgan fingerprint density at radius 1 is 1.00 bits per heavy atom. The number of thioether (sulfide) groups is 1. The molecule has 2 aromatic heterocycles. The molecule has 0 aliphatic rings.